The van der Waals surface area contributed by atoms with Crippen LogP contribution in [0.5, 0.6) is 5.75 Å². The van der Waals surface area contributed by atoms with Crippen LogP contribution in [0.15, 0.2) is 41.4 Å². The number of rotatable bonds is 5. The monoisotopic (exact) mass is 335 g/mol. The number of nitrogens with zero attached hydrogens (tertiary/aromatic N) is 3. The van der Waals surface area contributed by atoms with Gasteiger partial charge in [0.2, 0.25) is 10.0 Å². The molecule has 1 aliphatic heterocycles. The van der Waals surface area contributed by atoms with Gasteiger partial charge in [0.25, 0.3) is 0 Å². The first-order valence-electron chi connectivity index (χ1n) is 7.77. The number of sulfonamides is 1. The second kappa shape index (κ2) is 6.72. The lowest BCUT2D eigenvalue weighted by Crippen LogP contribution is -2.35. The van der Waals surface area contributed by atoms with E-state index in [4.69, 9.17) is 4.74 Å². The fraction of sp³-hybridized carbons (Fsp3) is 0.438. The number of benzene rings is 1. The molecule has 0 amide bonds. The van der Waals surface area contributed by atoms with E-state index in [1.165, 1.54) is 0 Å². The first kappa shape index (κ1) is 16.0. The molecule has 23 heavy (non-hydrogen) atoms. The summed E-state index contributed by atoms with van der Waals surface area (Å²) in [6.07, 6.45) is 4.69. The van der Waals surface area contributed by atoms with Crippen LogP contribution >= 0.6 is 0 Å². The van der Waals surface area contributed by atoms with Gasteiger partial charge in [0.05, 0.1) is 10.6 Å². The van der Waals surface area contributed by atoms with Crippen molar-refractivity contribution in [2.45, 2.75) is 30.8 Å². The molecule has 1 aliphatic rings. The Morgan fingerprint density at radius 2 is 1.78 bits per heavy atom. The summed E-state index contributed by atoms with van der Waals surface area (Å²) >= 11 is 0. The highest BCUT2D eigenvalue weighted by molar-refractivity contribution is 7.89. The van der Waals surface area contributed by atoms with Gasteiger partial charge in [-0.15, -0.1) is 0 Å². The third-order valence-electron chi connectivity index (χ3n) is 4.09. The first-order valence-corrected chi connectivity index (χ1v) is 9.21. The van der Waals surface area contributed by atoms with Gasteiger partial charge < -0.3 is 4.74 Å². The van der Waals surface area contributed by atoms with Crippen LogP contribution in [0.4, 0.5) is 0 Å². The van der Waals surface area contributed by atoms with E-state index in [1.807, 2.05) is 13.1 Å². The van der Waals surface area contributed by atoms with Gasteiger partial charge in [-0.1, -0.05) is 6.42 Å². The van der Waals surface area contributed by atoms with Crippen molar-refractivity contribution >= 4 is 10.0 Å². The minimum absolute atomic E-state index is 0.326. The summed E-state index contributed by atoms with van der Waals surface area (Å²) < 4.78 is 34.1. The molecule has 3 rings (SSSR count). The van der Waals surface area contributed by atoms with Crippen molar-refractivity contribution in [1.82, 2.24) is 14.1 Å². The largest absolute Gasteiger partial charge is 0.487 e. The Morgan fingerprint density at radius 1 is 1.09 bits per heavy atom. The summed E-state index contributed by atoms with van der Waals surface area (Å²) in [5.41, 5.74) is 0.954. The molecule has 2 aromatic rings. The molecule has 0 unspecified atom stereocenters. The molecule has 0 bridgehead atoms. The predicted molar refractivity (Wildman–Crippen MR) is 86.6 cm³/mol. The summed E-state index contributed by atoms with van der Waals surface area (Å²) in [5, 5.41) is 4.08. The van der Waals surface area contributed by atoms with Crippen molar-refractivity contribution in [3.05, 3.63) is 42.2 Å². The van der Waals surface area contributed by atoms with Gasteiger partial charge in [-0.25, -0.2) is 8.42 Å². The summed E-state index contributed by atoms with van der Waals surface area (Å²) in [6.45, 7) is 1.62. The smallest absolute Gasteiger partial charge is 0.243 e. The lowest BCUT2D eigenvalue weighted by Gasteiger charge is -2.25. The van der Waals surface area contributed by atoms with Crippen molar-refractivity contribution in [1.29, 1.82) is 0 Å². The molecule has 0 spiro atoms. The normalized spacial score (nSPS) is 16.4. The Hall–Kier alpha value is -1.86. The van der Waals surface area contributed by atoms with E-state index < -0.39 is 10.0 Å². The molecule has 0 N–H and O–H groups in total. The standard InChI is InChI=1S/C16H21N3O3S/c1-18-14(9-10-17-18)13-22-15-5-7-16(8-6-15)23(20,21)19-11-3-2-4-12-19/h5-10H,2-4,11-13H2,1H3. The number of aryl methyl sites for hydroxylation is 1. The van der Waals surface area contributed by atoms with E-state index in [1.54, 1.807) is 39.4 Å². The summed E-state index contributed by atoms with van der Waals surface area (Å²) in [7, 11) is -1.53. The maximum atomic E-state index is 12.6. The molecule has 6 nitrogen and oxygen atoms in total. The van der Waals surface area contributed by atoms with Crippen molar-refractivity contribution in [2.24, 2.45) is 7.05 Å². The van der Waals surface area contributed by atoms with Gasteiger partial charge in [-0.2, -0.15) is 9.40 Å². The Labute approximate surface area is 136 Å². The zero-order valence-corrected chi connectivity index (χ0v) is 14.0. The van der Waals surface area contributed by atoms with Gasteiger partial charge in [0.1, 0.15) is 12.4 Å². The van der Waals surface area contributed by atoms with E-state index in [0.29, 0.717) is 30.3 Å². The van der Waals surface area contributed by atoms with Crippen molar-refractivity contribution in [3.8, 4) is 5.75 Å². The van der Waals surface area contributed by atoms with Crippen LogP contribution in [0.1, 0.15) is 25.0 Å². The maximum Gasteiger partial charge on any atom is 0.243 e. The summed E-state index contributed by atoms with van der Waals surface area (Å²) in [4.78, 5) is 0.326. The van der Waals surface area contributed by atoms with Crippen LogP contribution < -0.4 is 4.74 Å². The van der Waals surface area contributed by atoms with Gasteiger partial charge >= 0.3 is 0 Å². The molecule has 1 aromatic carbocycles. The van der Waals surface area contributed by atoms with Crippen LogP contribution in [-0.2, 0) is 23.7 Å². The third-order valence-corrected chi connectivity index (χ3v) is 6.00. The number of ether oxygens (including phenoxy) is 1. The highest BCUT2D eigenvalue weighted by Gasteiger charge is 2.25. The number of piperidine rings is 1. The average Bonchev–Trinajstić information content (AvgIpc) is 2.99. The number of hydrogen-bond donors (Lipinski definition) is 0. The molecule has 1 aromatic heterocycles. The van der Waals surface area contributed by atoms with E-state index in [2.05, 4.69) is 5.10 Å². The van der Waals surface area contributed by atoms with E-state index >= 15 is 0 Å². The zero-order chi connectivity index (χ0) is 16.3. The van der Waals surface area contributed by atoms with Crippen LogP contribution in [0.25, 0.3) is 0 Å². The summed E-state index contributed by atoms with van der Waals surface area (Å²) in [5.74, 6) is 0.642. The SMILES string of the molecule is Cn1nccc1COc1ccc(S(=O)(=O)N2CCCCC2)cc1. The predicted octanol–water partition coefficient (Wildman–Crippen LogP) is 2.17. The molecule has 1 fully saturated rings. The fourth-order valence-corrected chi connectivity index (χ4v) is 4.18. The van der Waals surface area contributed by atoms with Crippen molar-refractivity contribution < 1.29 is 13.2 Å². The van der Waals surface area contributed by atoms with Crippen molar-refractivity contribution in [2.75, 3.05) is 13.1 Å². The lowest BCUT2D eigenvalue weighted by molar-refractivity contribution is 0.294. The van der Waals surface area contributed by atoms with E-state index in [9.17, 15) is 8.42 Å². The molecule has 2 heterocycles. The lowest BCUT2D eigenvalue weighted by atomic mass is 10.2. The topological polar surface area (TPSA) is 64.4 Å². The molecule has 1 saturated heterocycles. The molecule has 0 saturated carbocycles. The van der Waals surface area contributed by atoms with E-state index in [-0.39, 0.29) is 0 Å². The Bertz CT molecular complexity index is 747. The van der Waals surface area contributed by atoms with Crippen LogP contribution in [0.3, 0.4) is 0 Å². The molecule has 0 aliphatic carbocycles. The fourth-order valence-electron chi connectivity index (χ4n) is 2.66. The molecular weight excluding hydrogens is 314 g/mol. The van der Waals surface area contributed by atoms with Gasteiger partial charge in [0.15, 0.2) is 0 Å². The summed E-state index contributed by atoms with van der Waals surface area (Å²) in [6, 6.07) is 8.51. The number of aromatic nitrogens is 2. The second-order valence-corrected chi connectivity index (χ2v) is 7.61. The highest BCUT2D eigenvalue weighted by atomic mass is 32.2. The number of hydrogen-bond acceptors (Lipinski definition) is 4. The van der Waals surface area contributed by atoms with Crippen LogP contribution in [0, 0.1) is 0 Å². The Morgan fingerprint density at radius 3 is 2.39 bits per heavy atom. The van der Waals surface area contributed by atoms with Gasteiger partial charge in [-0.05, 0) is 43.2 Å². The van der Waals surface area contributed by atoms with E-state index in [0.717, 1.165) is 25.0 Å². The average molecular weight is 335 g/mol. The zero-order valence-electron chi connectivity index (χ0n) is 13.2. The van der Waals surface area contributed by atoms with Gasteiger partial charge in [-0.3, -0.25) is 4.68 Å². The molecule has 0 atom stereocenters. The third kappa shape index (κ3) is 3.56. The second-order valence-electron chi connectivity index (χ2n) is 5.67. The first-order chi connectivity index (χ1) is 11.1. The maximum absolute atomic E-state index is 12.6. The molecule has 124 valence electrons. The quantitative estimate of drug-likeness (QED) is 0.840. The molecule has 7 heteroatoms. The van der Waals surface area contributed by atoms with Crippen LogP contribution in [-0.4, -0.2) is 35.6 Å². The molecule has 0 radical (unpaired) electrons. The van der Waals surface area contributed by atoms with Gasteiger partial charge in [0, 0.05) is 26.3 Å². The van der Waals surface area contributed by atoms with Crippen molar-refractivity contribution in [3.63, 3.8) is 0 Å². The van der Waals surface area contributed by atoms with Crippen LogP contribution in [0.2, 0.25) is 0 Å². The Balaban J connectivity index is 1.68. The minimum Gasteiger partial charge on any atom is -0.487 e. The molecular formula is C16H21N3O3S. The minimum atomic E-state index is -3.38. The highest BCUT2D eigenvalue weighted by Crippen LogP contribution is 2.23. The Kier molecular flexibility index (Phi) is 4.68.